The number of unbranched alkanes of at least 4 members (excludes halogenated alkanes) is 3. The number of benzene rings is 1. The van der Waals surface area contributed by atoms with Crippen LogP contribution in [0.3, 0.4) is 0 Å². The standard InChI is InChI=1S/C17H24O2/c1-19-17(18)15-11-6-4-2-3-5-8-12-16-13-9-7-10-14-16/h2-3,7,9-10,13-14H,4-6,8,11-12,15H2,1H3. The fourth-order valence-corrected chi connectivity index (χ4v) is 1.94. The van der Waals surface area contributed by atoms with E-state index >= 15 is 0 Å². The minimum Gasteiger partial charge on any atom is -0.469 e. The van der Waals surface area contributed by atoms with Crippen LogP contribution in [-0.4, -0.2) is 13.1 Å². The Kier molecular flexibility index (Phi) is 8.45. The van der Waals surface area contributed by atoms with Gasteiger partial charge >= 0.3 is 5.97 Å². The van der Waals surface area contributed by atoms with Gasteiger partial charge in [-0.1, -0.05) is 42.5 Å². The van der Waals surface area contributed by atoms with Crippen molar-refractivity contribution in [1.82, 2.24) is 0 Å². The molecule has 0 N–H and O–H groups in total. The zero-order chi connectivity index (χ0) is 13.8. The van der Waals surface area contributed by atoms with Crippen LogP contribution in [-0.2, 0) is 16.0 Å². The molecule has 0 saturated carbocycles. The first-order chi connectivity index (χ1) is 9.33. The van der Waals surface area contributed by atoms with Crippen molar-refractivity contribution in [3.63, 3.8) is 0 Å². The van der Waals surface area contributed by atoms with E-state index in [9.17, 15) is 4.79 Å². The molecule has 0 fully saturated rings. The molecule has 2 nitrogen and oxygen atoms in total. The monoisotopic (exact) mass is 260 g/mol. The molecule has 0 atom stereocenters. The summed E-state index contributed by atoms with van der Waals surface area (Å²) in [4.78, 5) is 10.9. The molecule has 0 aliphatic rings. The molecule has 0 heterocycles. The lowest BCUT2D eigenvalue weighted by Gasteiger charge is -1.98. The van der Waals surface area contributed by atoms with Crippen LogP contribution in [0.4, 0.5) is 0 Å². The third-order valence-electron chi connectivity index (χ3n) is 3.08. The molecular weight excluding hydrogens is 236 g/mol. The van der Waals surface area contributed by atoms with Crippen LogP contribution in [0.2, 0.25) is 0 Å². The van der Waals surface area contributed by atoms with Gasteiger partial charge in [-0.15, -0.1) is 0 Å². The van der Waals surface area contributed by atoms with Crippen molar-refractivity contribution >= 4 is 5.97 Å². The second-order valence-corrected chi connectivity index (χ2v) is 4.67. The Bertz CT molecular complexity index is 368. The second-order valence-electron chi connectivity index (χ2n) is 4.67. The number of rotatable bonds is 9. The van der Waals surface area contributed by atoms with Crippen molar-refractivity contribution in [3.05, 3.63) is 48.0 Å². The molecule has 0 bridgehead atoms. The van der Waals surface area contributed by atoms with Gasteiger partial charge in [0.2, 0.25) is 0 Å². The molecule has 0 aromatic heterocycles. The number of carbonyl (C=O) groups is 1. The van der Waals surface area contributed by atoms with Crippen LogP contribution in [0, 0.1) is 0 Å². The third-order valence-corrected chi connectivity index (χ3v) is 3.08. The van der Waals surface area contributed by atoms with E-state index in [1.165, 1.54) is 19.1 Å². The molecule has 1 aromatic rings. The Hall–Kier alpha value is -1.57. The molecule has 0 aliphatic heterocycles. The molecule has 0 aliphatic carbocycles. The second kappa shape index (κ2) is 10.4. The number of carbonyl (C=O) groups excluding carboxylic acids is 1. The van der Waals surface area contributed by atoms with E-state index in [-0.39, 0.29) is 5.97 Å². The largest absolute Gasteiger partial charge is 0.469 e. The average molecular weight is 260 g/mol. The zero-order valence-corrected chi connectivity index (χ0v) is 11.8. The molecule has 0 amide bonds. The first kappa shape index (κ1) is 15.5. The highest BCUT2D eigenvalue weighted by molar-refractivity contribution is 5.68. The summed E-state index contributed by atoms with van der Waals surface area (Å²) in [5.74, 6) is -0.105. The molecule has 0 spiro atoms. The fraction of sp³-hybridized carbons (Fsp3) is 0.471. The minimum absolute atomic E-state index is 0.105. The van der Waals surface area contributed by atoms with Gasteiger partial charge in [-0.25, -0.2) is 0 Å². The first-order valence-electron chi connectivity index (χ1n) is 7.08. The molecular formula is C17H24O2. The van der Waals surface area contributed by atoms with Crippen molar-refractivity contribution in [1.29, 1.82) is 0 Å². The summed E-state index contributed by atoms with van der Waals surface area (Å²) in [5, 5.41) is 0. The maximum absolute atomic E-state index is 10.9. The highest BCUT2D eigenvalue weighted by Crippen LogP contribution is 2.06. The minimum atomic E-state index is -0.105. The van der Waals surface area contributed by atoms with Gasteiger partial charge in [-0.2, -0.15) is 0 Å². The van der Waals surface area contributed by atoms with Gasteiger partial charge in [0, 0.05) is 6.42 Å². The summed E-state index contributed by atoms with van der Waals surface area (Å²) in [6, 6.07) is 10.6. The lowest BCUT2D eigenvalue weighted by Crippen LogP contribution is -1.98. The lowest BCUT2D eigenvalue weighted by molar-refractivity contribution is -0.140. The van der Waals surface area contributed by atoms with E-state index < -0.39 is 0 Å². The Morgan fingerprint density at radius 1 is 1.05 bits per heavy atom. The molecule has 19 heavy (non-hydrogen) atoms. The van der Waals surface area contributed by atoms with E-state index in [4.69, 9.17) is 0 Å². The van der Waals surface area contributed by atoms with Crippen LogP contribution < -0.4 is 0 Å². The summed E-state index contributed by atoms with van der Waals surface area (Å²) in [5.41, 5.74) is 1.41. The number of allylic oxidation sites excluding steroid dienone is 2. The summed E-state index contributed by atoms with van der Waals surface area (Å²) >= 11 is 0. The molecule has 0 saturated heterocycles. The average Bonchev–Trinajstić information content (AvgIpc) is 2.46. The normalized spacial score (nSPS) is 10.8. The fourth-order valence-electron chi connectivity index (χ4n) is 1.94. The predicted octanol–water partition coefficient (Wildman–Crippen LogP) is 4.30. The Labute approximate surface area is 116 Å². The third kappa shape index (κ3) is 8.20. The Morgan fingerprint density at radius 3 is 2.42 bits per heavy atom. The predicted molar refractivity (Wildman–Crippen MR) is 79.0 cm³/mol. The van der Waals surface area contributed by atoms with Gasteiger partial charge in [-0.05, 0) is 44.1 Å². The van der Waals surface area contributed by atoms with E-state index in [0.717, 1.165) is 32.1 Å². The van der Waals surface area contributed by atoms with Crippen LogP contribution in [0.1, 0.15) is 44.1 Å². The van der Waals surface area contributed by atoms with Crippen molar-refractivity contribution in [3.8, 4) is 0 Å². The summed E-state index contributed by atoms with van der Waals surface area (Å²) in [7, 11) is 1.44. The molecule has 0 unspecified atom stereocenters. The van der Waals surface area contributed by atoms with Gasteiger partial charge in [0.1, 0.15) is 0 Å². The lowest BCUT2D eigenvalue weighted by atomic mass is 10.1. The maximum atomic E-state index is 10.9. The number of hydrogen-bond donors (Lipinski definition) is 0. The smallest absolute Gasteiger partial charge is 0.305 e. The number of hydrogen-bond acceptors (Lipinski definition) is 2. The van der Waals surface area contributed by atoms with Crippen molar-refractivity contribution in [2.45, 2.75) is 44.9 Å². The van der Waals surface area contributed by atoms with Gasteiger partial charge in [0.25, 0.3) is 0 Å². The highest BCUT2D eigenvalue weighted by atomic mass is 16.5. The zero-order valence-electron chi connectivity index (χ0n) is 11.8. The van der Waals surface area contributed by atoms with E-state index in [1.807, 2.05) is 0 Å². The van der Waals surface area contributed by atoms with Crippen LogP contribution >= 0.6 is 0 Å². The number of aryl methyl sites for hydroxylation is 1. The SMILES string of the molecule is COC(=O)CCCCC=CCCCc1ccccc1. The highest BCUT2D eigenvalue weighted by Gasteiger charge is 1.97. The quantitative estimate of drug-likeness (QED) is 0.376. The van der Waals surface area contributed by atoms with Crippen molar-refractivity contribution in [2.24, 2.45) is 0 Å². The molecule has 104 valence electrons. The summed E-state index contributed by atoms with van der Waals surface area (Å²) in [6.45, 7) is 0. The summed E-state index contributed by atoms with van der Waals surface area (Å²) < 4.78 is 4.59. The molecule has 1 aromatic carbocycles. The van der Waals surface area contributed by atoms with E-state index in [1.54, 1.807) is 0 Å². The van der Waals surface area contributed by atoms with Crippen LogP contribution in [0.5, 0.6) is 0 Å². The molecule has 2 heteroatoms. The van der Waals surface area contributed by atoms with Crippen molar-refractivity contribution < 1.29 is 9.53 Å². The molecule has 1 rings (SSSR count). The number of esters is 1. The van der Waals surface area contributed by atoms with Gasteiger partial charge in [-0.3, -0.25) is 4.79 Å². The van der Waals surface area contributed by atoms with E-state index in [2.05, 4.69) is 47.2 Å². The topological polar surface area (TPSA) is 26.3 Å². The Morgan fingerprint density at radius 2 is 1.74 bits per heavy atom. The number of ether oxygens (including phenoxy) is 1. The summed E-state index contributed by atoms with van der Waals surface area (Å²) in [6.07, 6.45) is 11.5. The van der Waals surface area contributed by atoms with Gasteiger partial charge in [0.05, 0.1) is 7.11 Å². The van der Waals surface area contributed by atoms with E-state index in [0.29, 0.717) is 6.42 Å². The first-order valence-corrected chi connectivity index (χ1v) is 7.08. The van der Waals surface area contributed by atoms with Gasteiger partial charge in [0.15, 0.2) is 0 Å². The van der Waals surface area contributed by atoms with Crippen molar-refractivity contribution in [2.75, 3.05) is 7.11 Å². The number of methoxy groups -OCH3 is 1. The Balaban J connectivity index is 1.95. The molecule has 0 radical (unpaired) electrons. The maximum Gasteiger partial charge on any atom is 0.305 e. The van der Waals surface area contributed by atoms with Crippen LogP contribution in [0.25, 0.3) is 0 Å². The van der Waals surface area contributed by atoms with Gasteiger partial charge < -0.3 is 4.74 Å². The van der Waals surface area contributed by atoms with Crippen LogP contribution in [0.15, 0.2) is 42.5 Å².